The lowest BCUT2D eigenvalue weighted by Gasteiger charge is -2.12. The summed E-state index contributed by atoms with van der Waals surface area (Å²) in [6.07, 6.45) is 19.5. The van der Waals surface area contributed by atoms with Crippen LogP contribution in [0, 0.1) is 0 Å². The van der Waals surface area contributed by atoms with Crippen LogP contribution in [0.2, 0.25) is 0 Å². The van der Waals surface area contributed by atoms with Gasteiger partial charge in [0, 0.05) is 6.08 Å². The van der Waals surface area contributed by atoms with E-state index in [9.17, 15) is 14.7 Å². The standard InChI is InChI=1S/C22H34O4/c1-3-4-5-6-7-8-9-10-11-12-13-14-15-16-18-21(24)19(23)17-20(26-2)22(18)25/h15-17,24H,3-14H2,1-2H3. The van der Waals surface area contributed by atoms with Crippen LogP contribution in [0.25, 0.3) is 0 Å². The number of hydrogen-bond donors (Lipinski definition) is 1. The second-order valence-electron chi connectivity index (χ2n) is 6.89. The molecule has 4 heteroatoms. The van der Waals surface area contributed by atoms with Crippen molar-refractivity contribution in [3.63, 3.8) is 0 Å². The monoisotopic (exact) mass is 362 g/mol. The molecule has 0 unspecified atom stereocenters. The van der Waals surface area contributed by atoms with E-state index in [2.05, 4.69) is 6.92 Å². The number of aliphatic hydroxyl groups excluding tert-OH is 1. The third kappa shape index (κ3) is 8.03. The normalized spacial score (nSPS) is 15.1. The summed E-state index contributed by atoms with van der Waals surface area (Å²) in [7, 11) is 1.34. The van der Waals surface area contributed by atoms with Gasteiger partial charge in [-0.05, 0) is 12.8 Å². The van der Waals surface area contributed by atoms with E-state index in [0.29, 0.717) is 0 Å². The molecule has 0 saturated heterocycles. The molecule has 0 aromatic carbocycles. The van der Waals surface area contributed by atoms with E-state index in [1.807, 2.05) is 6.08 Å². The summed E-state index contributed by atoms with van der Waals surface area (Å²) in [5.74, 6) is -1.55. The second-order valence-corrected chi connectivity index (χ2v) is 6.89. The van der Waals surface area contributed by atoms with Gasteiger partial charge in [-0.25, -0.2) is 0 Å². The predicted molar refractivity (Wildman–Crippen MR) is 105 cm³/mol. The maximum Gasteiger partial charge on any atom is 0.231 e. The second kappa shape index (κ2) is 13.4. The van der Waals surface area contributed by atoms with Crippen molar-refractivity contribution in [2.45, 2.75) is 84.0 Å². The SMILES string of the molecule is CCCCCCCCCCCCCC=CC1=C(O)C(=O)C=C(OC)C1=O. The Balaban J connectivity index is 2.13. The average Bonchev–Trinajstić information content (AvgIpc) is 2.64. The summed E-state index contributed by atoms with van der Waals surface area (Å²) >= 11 is 0. The zero-order valence-corrected chi connectivity index (χ0v) is 16.4. The Morgan fingerprint density at radius 1 is 0.923 bits per heavy atom. The molecular formula is C22H34O4. The van der Waals surface area contributed by atoms with E-state index < -0.39 is 17.3 Å². The highest BCUT2D eigenvalue weighted by Crippen LogP contribution is 2.20. The Morgan fingerprint density at radius 3 is 2.00 bits per heavy atom. The number of ether oxygens (including phenoxy) is 1. The summed E-state index contributed by atoms with van der Waals surface area (Å²) in [6, 6.07) is 0. The molecule has 1 N–H and O–H groups in total. The number of allylic oxidation sites excluding steroid dienone is 4. The Kier molecular flexibility index (Phi) is 11.4. The van der Waals surface area contributed by atoms with E-state index >= 15 is 0 Å². The van der Waals surface area contributed by atoms with Crippen LogP contribution in [-0.4, -0.2) is 23.8 Å². The first kappa shape index (κ1) is 22.2. The molecule has 0 aliphatic heterocycles. The molecule has 0 spiro atoms. The molecule has 0 radical (unpaired) electrons. The highest BCUT2D eigenvalue weighted by atomic mass is 16.5. The van der Waals surface area contributed by atoms with Crippen molar-refractivity contribution in [2.24, 2.45) is 0 Å². The lowest BCUT2D eigenvalue weighted by Crippen LogP contribution is -2.19. The van der Waals surface area contributed by atoms with Gasteiger partial charge in [0.25, 0.3) is 0 Å². The minimum Gasteiger partial charge on any atom is -0.504 e. The van der Waals surface area contributed by atoms with Crippen molar-refractivity contribution in [1.29, 1.82) is 0 Å². The highest BCUT2D eigenvalue weighted by Gasteiger charge is 2.27. The molecule has 1 rings (SSSR count). The molecule has 0 fully saturated rings. The third-order valence-corrected chi connectivity index (χ3v) is 4.70. The summed E-state index contributed by atoms with van der Waals surface area (Å²) in [4.78, 5) is 23.7. The molecule has 146 valence electrons. The van der Waals surface area contributed by atoms with E-state index in [-0.39, 0.29) is 11.3 Å². The van der Waals surface area contributed by atoms with Gasteiger partial charge in [0.1, 0.15) is 0 Å². The molecule has 4 nitrogen and oxygen atoms in total. The quantitative estimate of drug-likeness (QED) is 0.316. The van der Waals surface area contributed by atoms with Gasteiger partial charge < -0.3 is 9.84 Å². The minimum atomic E-state index is -0.587. The summed E-state index contributed by atoms with van der Waals surface area (Å²) in [5.41, 5.74) is 0.0254. The Hall–Kier alpha value is -1.84. The number of ketones is 2. The van der Waals surface area contributed by atoms with Crippen LogP contribution in [0.5, 0.6) is 0 Å². The van der Waals surface area contributed by atoms with Gasteiger partial charge in [0.2, 0.25) is 11.6 Å². The fraction of sp³-hybridized carbons (Fsp3) is 0.636. The summed E-state index contributed by atoms with van der Waals surface area (Å²) in [5, 5.41) is 9.77. The number of rotatable bonds is 14. The number of unbranched alkanes of at least 4 members (excludes halogenated alkanes) is 11. The van der Waals surface area contributed by atoms with Crippen molar-refractivity contribution in [3.05, 3.63) is 35.3 Å². The third-order valence-electron chi connectivity index (χ3n) is 4.70. The number of Topliss-reactive ketones (excluding diaryl/α,β-unsaturated/α-hetero) is 1. The first-order valence-electron chi connectivity index (χ1n) is 10.1. The molecule has 0 amide bonds. The van der Waals surface area contributed by atoms with Gasteiger partial charge >= 0.3 is 0 Å². The molecule has 26 heavy (non-hydrogen) atoms. The molecular weight excluding hydrogens is 328 g/mol. The Morgan fingerprint density at radius 2 is 1.46 bits per heavy atom. The maximum atomic E-state index is 12.0. The molecule has 0 atom stereocenters. The van der Waals surface area contributed by atoms with E-state index in [1.54, 1.807) is 0 Å². The Bertz CT molecular complexity index is 540. The van der Waals surface area contributed by atoms with Gasteiger partial charge in [-0.1, -0.05) is 83.3 Å². The Labute approximate surface area is 158 Å². The maximum absolute atomic E-state index is 12.0. The van der Waals surface area contributed by atoms with Crippen LogP contribution in [0.15, 0.2) is 35.3 Å². The van der Waals surface area contributed by atoms with Crippen molar-refractivity contribution in [2.75, 3.05) is 7.11 Å². The molecule has 1 aliphatic carbocycles. The number of methoxy groups -OCH3 is 1. The molecule has 0 heterocycles. The molecule has 0 saturated carbocycles. The topological polar surface area (TPSA) is 63.6 Å². The average molecular weight is 363 g/mol. The first-order chi connectivity index (χ1) is 12.6. The zero-order chi connectivity index (χ0) is 19.2. The van der Waals surface area contributed by atoms with Gasteiger partial charge in [0.15, 0.2) is 11.5 Å². The molecule has 0 aromatic heterocycles. The number of carbonyl (C=O) groups is 2. The lowest BCUT2D eigenvalue weighted by molar-refractivity contribution is -0.119. The van der Waals surface area contributed by atoms with Crippen molar-refractivity contribution in [3.8, 4) is 0 Å². The zero-order valence-electron chi connectivity index (χ0n) is 16.4. The van der Waals surface area contributed by atoms with Crippen LogP contribution in [0.4, 0.5) is 0 Å². The van der Waals surface area contributed by atoms with Crippen molar-refractivity contribution >= 4 is 11.6 Å². The van der Waals surface area contributed by atoms with Crippen LogP contribution in [0.1, 0.15) is 84.0 Å². The lowest BCUT2D eigenvalue weighted by atomic mass is 9.99. The van der Waals surface area contributed by atoms with E-state index in [4.69, 9.17) is 4.74 Å². The number of hydrogen-bond acceptors (Lipinski definition) is 4. The number of aliphatic hydroxyl groups is 1. The van der Waals surface area contributed by atoms with Gasteiger partial charge in [-0.3, -0.25) is 9.59 Å². The van der Waals surface area contributed by atoms with Gasteiger partial charge in [-0.15, -0.1) is 0 Å². The van der Waals surface area contributed by atoms with E-state index in [0.717, 1.165) is 18.9 Å². The highest BCUT2D eigenvalue weighted by molar-refractivity contribution is 6.22. The van der Waals surface area contributed by atoms with Crippen LogP contribution in [-0.2, 0) is 14.3 Å². The van der Waals surface area contributed by atoms with Crippen LogP contribution in [0.3, 0.4) is 0 Å². The number of carbonyl (C=O) groups excluding carboxylic acids is 2. The molecule has 1 aliphatic rings. The van der Waals surface area contributed by atoms with Crippen LogP contribution < -0.4 is 0 Å². The fourth-order valence-electron chi connectivity index (χ4n) is 3.06. The first-order valence-corrected chi connectivity index (χ1v) is 10.1. The van der Waals surface area contributed by atoms with Gasteiger partial charge in [0.05, 0.1) is 12.7 Å². The minimum absolute atomic E-state index is 0.0254. The smallest absolute Gasteiger partial charge is 0.231 e. The van der Waals surface area contributed by atoms with Crippen molar-refractivity contribution < 1.29 is 19.4 Å². The van der Waals surface area contributed by atoms with Gasteiger partial charge in [-0.2, -0.15) is 0 Å². The van der Waals surface area contributed by atoms with E-state index in [1.165, 1.54) is 77.4 Å². The molecule has 0 aromatic rings. The summed E-state index contributed by atoms with van der Waals surface area (Å²) < 4.78 is 4.88. The van der Waals surface area contributed by atoms with Crippen molar-refractivity contribution in [1.82, 2.24) is 0 Å². The largest absolute Gasteiger partial charge is 0.504 e. The fourth-order valence-corrected chi connectivity index (χ4v) is 3.06. The predicted octanol–water partition coefficient (Wildman–Crippen LogP) is 5.74. The molecule has 0 bridgehead atoms. The summed E-state index contributed by atoms with van der Waals surface area (Å²) in [6.45, 7) is 2.25. The van der Waals surface area contributed by atoms with Crippen LogP contribution >= 0.6 is 0 Å².